The molecule has 30 heavy (non-hydrogen) atoms. The summed E-state index contributed by atoms with van der Waals surface area (Å²) >= 11 is 0. The number of nitrogens with zero attached hydrogens (tertiary/aromatic N) is 4. The summed E-state index contributed by atoms with van der Waals surface area (Å²) in [7, 11) is 1.53. The first-order valence-corrected chi connectivity index (χ1v) is 9.06. The van der Waals surface area contributed by atoms with E-state index < -0.39 is 29.6 Å². The van der Waals surface area contributed by atoms with E-state index in [4.69, 9.17) is 4.74 Å². The highest BCUT2D eigenvalue weighted by atomic mass is 19.1. The van der Waals surface area contributed by atoms with Gasteiger partial charge in [-0.1, -0.05) is 12.1 Å². The molecule has 4 rings (SSSR count). The zero-order valence-electron chi connectivity index (χ0n) is 15.9. The van der Waals surface area contributed by atoms with Gasteiger partial charge in [-0.25, -0.2) is 14.1 Å². The minimum absolute atomic E-state index is 0.0224. The van der Waals surface area contributed by atoms with Gasteiger partial charge in [-0.2, -0.15) is 9.49 Å². The maximum Gasteiger partial charge on any atom is 0.272 e. The van der Waals surface area contributed by atoms with Gasteiger partial charge in [0.2, 0.25) is 5.95 Å². The second kappa shape index (κ2) is 7.90. The summed E-state index contributed by atoms with van der Waals surface area (Å²) in [6.45, 7) is -0.0824. The van der Waals surface area contributed by atoms with Gasteiger partial charge in [0, 0.05) is 19.3 Å². The van der Waals surface area contributed by atoms with E-state index in [1.54, 1.807) is 12.1 Å². The fraction of sp³-hybridized carbons (Fsp3) is 0.200. The van der Waals surface area contributed by atoms with E-state index in [-0.39, 0.29) is 18.8 Å². The van der Waals surface area contributed by atoms with Gasteiger partial charge in [-0.15, -0.1) is 0 Å². The van der Waals surface area contributed by atoms with E-state index in [1.807, 2.05) is 0 Å². The van der Waals surface area contributed by atoms with E-state index in [9.17, 15) is 18.4 Å². The van der Waals surface area contributed by atoms with Crippen molar-refractivity contribution in [3.05, 3.63) is 71.7 Å². The molecule has 1 unspecified atom stereocenters. The lowest BCUT2D eigenvalue weighted by Crippen LogP contribution is -2.49. The summed E-state index contributed by atoms with van der Waals surface area (Å²) < 4.78 is 33.8. The number of amides is 2. The monoisotopic (exact) mass is 413 g/mol. The molecule has 1 aromatic carbocycles. The second-order valence-electron chi connectivity index (χ2n) is 6.70. The van der Waals surface area contributed by atoms with Crippen LogP contribution in [0.3, 0.4) is 0 Å². The highest BCUT2D eigenvalue weighted by molar-refractivity contribution is 6.02. The number of halogens is 2. The van der Waals surface area contributed by atoms with Gasteiger partial charge in [0.15, 0.2) is 17.3 Å². The van der Waals surface area contributed by atoms with Crippen LogP contribution in [0.15, 0.2) is 48.7 Å². The SMILES string of the molecule is CN1C(=O)C(NC(=O)c2cc(F)n(Cc3ccc(F)cc3)n2)COc2cccnc21. The molecule has 1 atom stereocenters. The largest absolute Gasteiger partial charge is 0.487 e. The molecule has 2 amide bonds. The van der Waals surface area contributed by atoms with Crippen LogP contribution in [0.4, 0.5) is 14.6 Å². The summed E-state index contributed by atoms with van der Waals surface area (Å²) in [5.41, 5.74) is 0.426. The van der Waals surface area contributed by atoms with Crippen LogP contribution < -0.4 is 15.0 Å². The van der Waals surface area contributed by atoms with Crippen LogP contribution in [-0.2, 0) is 11.3 Å². The molecule has 0 radical (unpaired) electrons. The van der Waals surface area contributed by atoms with E-state index in [1.165, 1.54) is 42.4 Å². The van der Waals surface area contributed by atoms with Crippen molar-refractivity contribution in [1.29, 1.82) is 0 Å². The van der Waals surface area contributed by atoms with Gasteiger partial charge >= 0.3 is 0 Å². The number of rotatable bonds is 4. The van der Waals surface area contributed by atoms with E-state index in [2.05, 4.69) is 15.4 Å². The van der Waals surface area contributed by atoms with Crippen LogP contribution in [0.5, 0.6) is 5.75 Å². The van der Waals surface area contributed by atoms with Gasteiger partial charge in [-0.3, -0.25) is 14.5 Å². The van der Waals surface area contributed by atoms with Crippen molar-refractivity contribution in [3.8, 4) is 5.75 Å². The Labute approximate surface area is 170 Å². The molecule has 3 aromatic rings. The maximum absolute atomic E-state index is 14.2. The number of ether oxygens (including phenoxy) is 1. The van der Waals surface area contributed by atoms with Gasteiger partial charge in [-0.05, 0) is 29.8 Å². The topological polar surface area (TPSA) is 89.4 Å². The van der Waals surface area contributed by atoms with Crippen LogP contribution in [-0.4, -0.2) is 46.3 Å². The summed E-state index contributed by atoms with van der Waals surface area (Å²) in [4.78, 5) is 30.7. The number of benzene rings is 1. The Morgan fingerprint density at radius 3 is 2.80 bits per heavy atom. The zero-order chi connectivity index (χ0) is 21.3. The molecular formula is C20H17F2N5O3. The molecule has 1 aliphatic rings. The van der Waals surface area contributed by atoms with Crippen LogP contribution >= 0.6 is 0 Å². The highest BCUT2D eigenvalue weighted by Gasteiger charge is 2.32. The van der Waals surface area contributed by atoms with E-state index in [0.29, 0.717) is 17.1 Å². The zero-order valence-corrected chi connectivity index (χ0v) is 15.9. The minimum Gasteiger partial charge on any atom is -0.487 e. The fourth-order valence-electron chi connectivity index (χ4n) is 3.04. The molecule has 0 saturated heterocycles. The Hall–Kier alpha value is -3.82. The smallest absolute Gasteiger partial charge is 0.272 e. The minimum atomic E-state index is -0.998. The first kappa shape index (κ1) is 19.5. The molecule has 0 aliphatic carbocycles. The van der Waals surface area contributed by atoms with Crippen molar-refractivity contribution < 1.29 is 23.1 Å². The van der Waals surface area contributed by atoms with Crippen molar-refractivity contribution >= 4 is 17.6 Å². The number of hydrogen-bond donors (Lipinski definition) is 1. The number of nitrogens with one attached hydrogen (secondary N) is 1. The average molecular weight is 413 g/mol. The van der Waals surface area contributed by atoms with E-state index >= 15 is 0 Å². The van der Waals surface area contributed by atoms with Gasteiger partial charge in [0.05, 0.1) is 6.54 Å². The third kappa shape index (κ3) is 3.84. The van der Waals surface area contributed by atoms with Crippen LogP contribution in [0.2, 0.25) is 0 Å². The third-order valence-electron chi connectivity index (χ3n) is 4.62. The summed E-state index contributed by atoms with van der Waals surface area (Å²) in [6.07, 6.45) is 1.53. The van der Waals surface area contributed by atoms with Crippen LogP contribution in [0.25, 0.3) is 0 Å². The second-order valence-corrected chi connectivity index (χ2v) is 6.70. The molecule has 8 nitrogen and oxygen atoms in total. The normalized spacial score (nSPS) is 15.9. The van der Waals surface area contributed by atoms with Crippen molar-refractivity contribution in [2.75, 3.05) is 18.6 Å². The summed E-state index contributed by atoms with van der Waals surface area (Å²) in [5, 5.41) is 6.48. The first-order valence-electron chi connectivity index (χ1n) is 9.06. The molecule has 0 saturated carbocycles. The molecule has 1 N–H and O–H groups in total. The van der Waals surface area contributed by atoms with E-state index in [0.717, 1.165) is 10.7 Å². The highest BCUT2D eigenvalue weighted by Crippen LogP contribution is 2.27. The quantitative estimate of drug-likeness (QED) is 0.704. The Kier molecular flexibility index (Phi) is 5.13. The Morgan fingerprint density at radius 2 is 2.03 bits per heavy atom. The summed E-state index contributed by atoms with van der Waals surface area (Å²) in [5.74, 6) is -1.53. The number of carbonyl (C=O) groups is 2. The predicted molar refractivity (Wildman–Crippen MR) is 102 cm³/mol. The Bertz CT molecular complexity index is 1100. The van der Waals surface area contributed by atoms with Crippen LogP contribution in [0, 0.1) is 11.8 Å². The molecule has 0 spiro atoms. The predicted octanol–water partition coefficient (Wildman–Crippen LogP) is 1.76. The summed E-state index contributed by atoms with van der Waals surface area (Å²) in [6, 6.07) is 8.83. The number of anilines is 1. The number of carbonyl (C=O) groups excluding carboxylic acids is 2. The first-order chi connectivity index (χ1) is 14.4. The van der Waals surface area contributed by atoms with Gasteiger partial charge in [0.1, 0.15) is 18.5 Å². The lowest BCUT2D eigenvalue weighted by Gasteiger charge is -2.19. The molecular weight excluding hydrogens is 396 g/mol. The number of hydrogen-bond acceptors (Lipinski definition) is 5. The van der Waals surface area contributed by atoms with Crippen molar-refractivity contribution in [3.63, 3.8) is 0 Å². The van der Waals surface area contributed by atoms with Crippen molar-refractivity contribution in [2.45, 2.75) is 12.6 Å². The lowest BCUT2D eigenvalue weighted by atomic mass is 10.2. The molecule has 1 aliphatic heterocycles. The molecule has 3 heterocycles. The lowest BCUT2D eigenvalue weighted by molar-refractivity contribution is -0.120. The van der Waals surface area contributed by atoms with Crippen molar-refractivity contribution in [1.82, 2.24) is 20.1 Å². The fourth-order valence-corrected chi connectivity index (χ4v) is 3.04. The molecule has 154 valence electrons. The molecule has 0 fully saturated rings. The number of pyridine rings is 1. The standard InChI is InChI=1S/C20H17F2N5O3/c1-26-18-16(3-2-8-23-18)30-11-15(20(26)29)24-19(28)14-9-17(22)27(25-14)10-12-4-6-13(21)7-5-12/h2-9,15H,10-11H2,1H3,(H,24,28). The average Bonchev–Trinajstić information content (AvgIpc) is 3.06. The molecule has 2 aromatic heterocycles. The van der Waals surface area contributed by atoms with Gasteiger partial charge < -0.3 is 10.1 Å². The van der Waals surface area contributed by atoms with Gasteiger partial charge in [0.25, 0.3) is 11.8 Å². The number of aromatic nitrogens is 3. The Balaban J connectivity index is 1.48. The maximum atomic E-state index is 14.2. The van der Waals surface area contributed by atoms with Crippen LogP contribution in [0.1, 0.15) is 16.1 Å². The number of likely N-dealkylation sites (N-methyl/N-ethyl adjacent to an activating group) is 1. The molecule has 10 heteroatoms. The Morgan fingerprint density at radius 1 is 1.27 bits per heavy atom. The third-order valence-corrected chi connectivity index (χ3v) is 4.62. The molecule has 0 bridgehead atoms. The van der Waals surface area contributed by atoms with Crippen molar-refractivity contribution in [2.24, 2.45) is 0 Å². The number of fused-ring (bicyclic) bond motifs is 1.